The third-order valence-corrected chi connectivity index (χ3v) is 2.61. The van der Waals surface area contributed by atoms with E-state index in [1.165, 1.54) is 17.0 Å². The zero-order valence-corrected chi connectivity index (χ0v) is 8.54. The maximum Gasteiger partial charge on any atom is 0.254 e. The lowest BCUT2D eigenvalue weighted by molar-refractivity contribution is 0.00589. The molecule has 5 heteroatoms. The Bertz CT molecular complexity index is 404. The third kappa shape index (κ3) is 1.96. The van der Waals surface area contributed by atoms with Gasteiger partial charge in [0.05, 0.1) is 11.1 Å². The molecule has 0 aromatic heterocycles. The van der Waals surface area contributed by atoms with Gasteiger partial charge in [-0.25, -0.2) is 4.39 Å². The van der Waals surface area contributed by atoms with Crippen molar-refractivity contribution in [2.75, 3.05) is 13.1 Å². The number of halogens is 2. The summed E-state index contributed by atoms with van der Waals surface area (Å²) in [6.45, 7) is 0.654. The Morgan fingerprint density at radius 1 is 1.53 bits per heavy atom. The molecule has 1 aliphatic heterocycles. The third-order valence-electron chi connectivity index (χ3n) is 2.32. The van der Waals surface area contributed by atoms with Gasteiger partial charge in [0.1, 0.15) is 5.82 Å². The summed E-state index contributed by atoms with van der Waals surface area (Å²) >= 11 is 5.56. The molecule has 0 spiro atoms. The summed E-state index contributed by atoms with van der Waals surface area (Å²) in [7, 11) is 0. The lowest BCUT2D eigenvalue weighted by Crippen LogP contribution is -2.53. The quantitative estimate of drug-likeness (QED) is 0.789. The number of likely N-dealkylation sites (tertiary alicyclic amines) is 1. The van der Waals surface area contributed by atoms with Gasteiger partial charge in [-0.1, -0.05) is 11.6 Å². The molecule has 0 atom stereocenters. The number of hydrogen-bond donors (Lipinski definition) is 1. The first kappa shape index (κ1) is 10.4. The van der Waals surface area contributed by atoms with Crippen LogP contribution in [0.15, 0.2) is 18.2 Å². The fourth-order valence-electron chi connectivity index (χ4n) is 1.43. The SMILES string of the molecule is O=C(c1ccc(F)c(Cl)c1)N1CC(O)C1. The molecule has 1 aromatic carbocycles. The molecule has 1 saturated heterocycles. The second-order valence-electron chi connectivity index (χ2n) is 3.49. The largest absolute Gasteiger partial charge is 0.389 e. The van der Waals surface area contributed by atoms with Crippen LogP contribution < -0.4 is 0 Å². The van der Waals surface area contributed by atoms with Gasteiger partial charge < -0.3 is 10.0 Å². The molecule has 1 aromatic rings. The van der Waals surface area contributed by atoms with Crippen LogP contribution >= 0.6 is 11.6 Å². The van der Waals surface area contributed by atoms with Crippen molar-refractivity contribution in [3.8, 4) is 0 Å². The molecular weight excluding hydrogens is 221 g/mol. The zero-order chi connectivity index (χ0) is 11.0. The van der Waals surface area contributed by atoms with Crippen molar-refractivity contribution in [3.05, 3.63) is 34.6 Å². The van der Waals surface area contributed by atoms with Crippen molar-refractivity contribution in [2.45, 2.75) is 6.10 Å². The average molecular weight is 230 g/mol. The number of rotatable bonds is 1. The van der Waals surface area contributed by atoms with Crippen LogP contribution in [0, 0.1) is 5.82 Å². The number of carbonyl (C=O) groups excluding carboxylic acids is 1. The normalized spacial score (nSPS) is 16.3. The number of nitrogens with zero attached hydrogens (tertiary/aromatic N) is 1. The summed E-state index contributed by atoms with van der Waals surface area (Å²) in [6, 6.07) is 3.84. The van der Waals surface area contributed by atoms with Crippen LogP contribution in [-0.2, 0) is 0 Å². The topological polar surface area (TPSA) is 40.5 Å². The molecule has 0 unspecified atom stereocenters. The Labute approximate surface area is 91.1 Å². The van der Waals surface area contributed by atoms with Gasteiger partial charge in [0.2, 0.25) is 0 Å². The second kappa shape index (κ2) is 3.79. The van der Waals surface area contributed by atoms with E-state index in [4.69, 9.17) is 16.7 Å². The van der Waals surface area contributed by atoms with Gasteiger partial charge in [0, 0.05) is 18.7 Å². The highest BCUT2D eigenvalue weighted by Crippen LogP contribution is 2.19. The van der Waals surface area contributed by atoms with E-state index < -0.39 is 11.9 Å². The van der Waals surface area contributed by atoms with Crippen molar-refractivity contribution in [1.82, 2.24) is 4.90 Å². The van der Waals surface area contributed by atoms with Crippen molar-refractivity contribution in [2.24, 2.45) is 0 Å². The van der Waals surface area contributed by atoms with E-state index in [-0.39, 0.29) is 10.9 Å². The van der Waals surface area contributed by atoms with Crippen LogP contribution in [-0.4, -0.2) is 35.1 Å². The van der Waals surface area contributed by atoms with Gasteiger partial charge >= 0.3 is 0 Å². The Balaban J connectivity index is 2.16. The van der Waals surface area contributed by atoms with Crippen LogP contribution in [0.2, 0.25) is 5.02 Å². The van der Waals surface area contributed by atoms with Gasteiger partial charge in [-0.15, -0.1) is 0 Å². The summed E-state index contributed by atoms with van der Waals surface area (Å²) in [6.07, 6.45) is -0.440. The minimum Gasteiger partial charge on any atom is -0.389 e. The van der Waals surface area contributed by atoms with E-state index >= 15 is 0 Å². The van der Waals surface area contributed by atoms with E-state index in [0.717, 1.165) is 6.07 Å². The molecule has 1 heterocycles. The van der Waals surface area contributed by atoms with Gasteiger partial charge in [0.15, 0.2) is 0 Å². The summed E-state index contributed by atoms with van der Waals surface area (Å²) < 4.78 is 12.8. The lowest BCUT2D eigenvalue weighted by atomic mass is 10.1. The number of carbonyl (C=O) groups is 1. The number of benzene rings is 1. The standard InChI is InChI=1S/C10H9ClFNO2/c11-8-3-6(1-2-9(8)12)10(15)13-4-7(14)5-13/h1-3,7,14H,4-5H2. The van der Waals surface area contributed by atoms with Crippen LogP contribution in [0.1, 0.15) is 10.4 Å². The van der Waals surface area contributed by atoms with Crippen molar-refractivity contribution in [1.29, 1.82) is 0 Å². The van der Waals surface area contributed by atoms with E-state index in [1.54, 1.807) is 0 Å². The minimum atomic E-state index is -0.545. The first-order valence-corrected chi connectivity index (χ1v) is 4.88. The highest BCUT2D eigenvalue weighted by Gasteiger charge is 2.29. The van der Waals surface area contributed by atoms with Crippen LogP contribution in [0.25, 0.3) is 0 Å². The number of hydrogen-bond acceptors (Lipinski definition) is 2. The summed E-state index contributed by atoms with van der Waals surface area (Å²) in [4.78, 5) is 13.2. The molecule has 0 aliphatic carbocycles. The smallest absolute Gasteiger partial charge is 0.254 e. The molecule has 1 fully saturated rings. The van der Waals surface area contributed by atoms with Gasteiger partial charge in [0.25, 0.3) is 5.91 Å². The molecule has 80 valence electrons. The van der Waals surface area contributed by atoms with Crippen molar-refractivity contribution < 1.29 is 14.3 Å². The van der Waals surface area contributed by atoms with Gasteiger partial charge in [-0.05, 0) is 18.2 Å². The maximum atomic E-state index is 12.8. The maximum absolute atomic E-state index is 12.8. The molecule has 0 radical (unpaired) electrons. The van der Waals surface area contributed by atoms with E-state index in [1.807, 2.05) is 0 Å². The summed E-state index contributed by atoms with van der Waals surface area (Å²) in [5.41, 5.74) is 0.341. The zero-order valence-electron chi connectivity index (χ0n) is 7.78. The lowest BCUT2D eigenvalue weighted by Gasteiger charge is -2.35. The molecule has 0 saturated carbocycles. The second-order valence-corrected chi connectivity index (χ2v) is 3.90. The Hall–Kier alpha value is -1.13. The molecule has 1 N–H and O–H groups in total. The molecule has 0 bridgehead atoms. The monoisotopic (exact) mass is 229 g/mol. The fraction of sp³-hybridized carbons (Fsp3) is 0.300. The summed E-state index contributed by atoms with van der Waals surface area (Å²) in [5.74, 6) is -0.779. The number of β-amino-alcohol motifs (C(OH)–C–C–N with tert-alkyl or cyclic N) is 1. The molecular formula is C10H9ClFNO2. The van der Waals surface area contributed by atoms with Crippen molar-refractivity contribution in [3.63, 3.8) is 0 Å². The first-order chi connectivity index (χ1) is 7.08. The average Bonchev–Trinajstić information content (AvgIpc) is 2.16. The van der Waals surface area contributed by atoms with Crippen LogP contribution in [0.5, 0.6) is 0 Å². The van der Waals surface area contributed by atoms with E-state index in [2.05, 4.69) is 0 Å². The Kier molecular flexibility index (Phi) is 2.63. The number of aliphatic hydroxyl groups excluding tert-OH is 1. The predicted molar refractivity (Wildman–Crippen MR) is 53.3 cm³/mol. The van der Waals surface area contributed by atoms with Gasteiger partial charge in [-0.3, -0.25) is 4.79 Å². The molecule has 15 heavy (non-hydrogen) atoms. The van der Waals surface area contributed by atoms with Crippen LogP contribution in [0.4, 0.5) is 4.39 Å². The highest BCUT2D eigenvalue weighted by molar-refractivity contribution is 6.31. The Morgan fingerprint density at radius 2 is 2.20 bits per heavy atom. The minimum absolute atomic E-state index is 0.0677. The number of amides is 1. The molecule has 2 rings (SSSR count). The first-order valence-electron chi connectivity index (χ1n) is 4.50. The molecule has 3 nitrogen and oxygen atoms in total. The molecule has 1 aliphatic rings. The van der Waals surface area contributed by atoms with E-state index in [0.29, 0.717) is 18.7 Å². The summed E-state index contributed by atoms with van der Waals surface area (Å²) in [5, 5.41) is 8.97. The van der Waals surface area contributed by atoms with E-state index in [9.17, 15) is 9.18 Å². The Morgan fingerprint density at radius 3 is 2.73 bits per heavy atom. The predicted octanol–water partition coefficient (Wildman–Crippen LogP) is 1.30. The van der Waals surface area contributed by atoms with Crippen molar-refractivity contribution >= 4 is 17.5 Å². The molecule has 1 amide bonds. The number of aliphatic hydroxyl groups is 1. The van der Waals surface area contributed by atoms with Crippen LogP contribution in [0.3, 0.4) is 0 Å². The van der Waals surface area contributed by atoms with Gasteiger partial charge in [-0.2, -0.15) is 0 Å². The fourth-order valence-corrected chi connectivity index (χ4v) is 1.61. The highest BCUT2D eigenvalue weighted by atomic mass is 35.5.